The number of fused-ring (bicyclic) bond motifs is 2. The number of benzene rings is 2. The Kier molecular flexibility index (Phi) is 2.11. The molecule has 2 aromatic rings. The molecule has 2 aromatic carbocycles. The van der Waals surface area contributed by atoms with E-state index in [0.717, 1.165) is 6.07 Å². The van der Waals surface area contributed by atoms with Crippen LogP contribution < -0.4 is 4.74 Å². The third-order valence-corrected chi connectivity index (χ3v) is 3.66. The fraction of sp³-hybridized carbons (Fsp3) is 0.133. The molecule has 21 heavy (non-hydrogen) atoms. The molecule has 0 aliphatic carbocycles. The predicted octanol–water partition coefficient (Wildman–Crippen LogP) is 1.63. The molecule has 0 bridgehead atoms. The largest absolute Gasteiger partial charge is 0.508 e. The van der Waals surface area contributed by atoms with Crippen LogP contribution in [0.4, 0.5) is 0 Å². The molecule has 3 N–H and O–H groups in total. The van der Waals surface area contributed by atoms with Crippen LogP contribution >= 0.6 is 0 Å². The summed E-state index contributed by atoms with van der Waals surface area (Å²) in [7, 11) is 0. The zero-order valence-electron chi connectivity index (χ0n) is 10.6. The van der Waals surface area contributed by atoms with Gasteiger partial charge in [-0.05, 0) is 24.3 Å². The lowest BCUT2D eigenvalue weighted by Gasteiger charge is -2.22. The van der Waals surface area contributed by atoms with Gasteiger partial charge in [0.05, 0.1) is 0 Å². The second kappa shape index (κ2) is 3.67. The Morgan fingerprint density at radius 2 is 1.71 bits per heavy atom. The van der Waals surface area contributed by atoms with Crippen molar-refractivity contribution >= 4 is 5.78 Å². The van der Waals surface area contributed by atoms with Crippen LogP contribution in [-0.2, 0) is 10.5 Å². The van der Waals surface area contributed by atoms with Crippen LogP contribution in [0.15, 0.2) is 36.4 Å². The maximum Gasteiger partial charge on any atom is 0.272 e. The van der Waals surface area contributed by atoms with E-state index < -0.39 is 17.7 Å². The molecule has 1 saturated heterocycles. The second-order valence-electron chi connectivity index (χ2n) is 5.02. The number of Topliss-reactive ketones (excluding diaryl/α,β-unsaturated/α-hetero) is 1. The first-order chi connectivity index (χ1) is 10.0. The highest BCUT2D eigenvalue weighted by Crippen LogP contribution is 2.55. The molecule has 0 radical (unpaired) electrons. The van der Waals surface area contributed by atoms with Gasteiger partial charge in [-0.2, -0.15) is 0 Å². The van der Waals surface area contributed by atoms with Crippen molar-refractivity contribution in [3.63, 3.8) is 0 Å². The maximum absolute atomic E-state index is 12.3. The lowest BCUT2D eigenvalue weighted by atomic mass is 9.95. The Bertz CT molecular complexity index is 766. The van der Waals surface area contributed by atoms with E-state index >= 15 is 0 Å². The third kappa shape index (κ3) is 1.53. The minimum Gasteiger partial charge on any atom is -0.508 e. The van der Waals surface area contributed by atoms with E-state index in [9.17, 15) is 20.1 Å². The summed E-state index contributed by atoms with van der Waals surface area (Å²) in [4.78, 5) is 12.3. The zero-order valence-corrected chi connectivity index (χ0v) is 10.6. The van der Waals surface area contributed by atoms with Gasteiger partial charge in [0.25, 0.3) is 5.79 Å². The van der Waals surface area contributed by atoms with E-state index in [4.69, 9.17) is 9.47 Å². The van der Waals surface area contributed by atoms with E-state index in [2.05, 4.69) is 0 Å². The van der Waals surface area contributed by atoms with Gasteiger partial charge in [0.2, 0.25) is 5.78 Å². The molecular formula is C15H10O6. The van der Waals surface area contributed by atoms with Crippen LogP contribution in [0.1, 0.15) is 15.9 Å². The van der Waals surface area contributed by atoms with Gasteiger partial charge in [-0.25, -0.2) is 0 Å². The number of epoxide rings is 1. The molecule has 2 aliphatic rings. The summed E-state index contributed by atoms with van der Waals surface area (Å²) in [5.74, 6) is -2.05. The van der Waals surface area contributed by atoms with Crippen molar-refractivity contribution in [3.05, 3.63) is 47.5 Å². The first kappa shape index (κ1) is 12.0. The van der Waals surface area contributed by atoms with Gasteiger partial charge >= 0.3 is 0 Å². The number of carbonyl (C=O) groups is 1. The molecule has 0 aromatic heterocycles. The Morgan fingerprint density at radius 1 is 1.00 bits per heavy atom. The lowest BCUT2D eigenvalue weighted by molar-refractivity contribution is 0.0565. The number of phenolic OH excluding ortho intramolecular Hbond substituents is 3. The summed E-state index contributed by atoms with van der Waals surface area (Å²) in [5.41, 5.74) is 0.580. The highest BCUT2D eigenvalue weighted by atomic mass is 16.8. The molecule has 1 fully saturated rings. The number of ketones is 1. The summed E-state index contributed by atoms with van der Waals surface area (Å²) in [6.07, 6.45) is -0.843. The molecule has 6 nitrogen and oxygen atoms in total. The SMILES string of the molecule is O=C1c2c(O)cc(O)cc2O[C@]2(c3ccc(O)cc3)O[C@@H]12. The van der Waals surface area contributed by atoms with Crippen molar-refractivity contribution in [3.8, 4) is 23.0 Å². The Balaban J connectivity index is 1.83. The van der Waals surface area contributed by atoms with Gasteiger partial charge in [0.1, 0.15) is 28.6 Å². The number of carbonyl (C=O) groups excluding carboxylic acids is 1. The molecule has 4 rings (SSSR count). The second-order valence-corrected chi connectivity index (χ2v) is 5.02. The van der Waals surface area contributed by atoms with Gasteiger partial charge in [-0.1, -0.05) is 0 Å². The van der Waals surface area contributed by atoms with E-state index in [-0.39, 0.29) is 28.6 Å². The Morgan fingerprint density at radius 3 is 2.43 bits per heavy atom. The van der Waals surface area contributed by atoms with Gasteiger partial charge in [0.15, 0.2) is 6.10 Å². The number of phenols is 3. The van der Waals surface area contributed by atoms with Crippen molar-refractivity contribution in [2.24, 2.45) is 0 Å². The molecule has 0 spiro atoms. The van der Waals surface area contributed by atoms with Crippen LogP contribution in [0.2, 0.25) is 0 Å². The zero-order chi connectivity index (χ0) is 14.8. The highest BCUT2D eigenvalue weighted by molar-refractivity contribution is 6.07. The van der Waals surface area contributed by atoms with Gasteiger partial charge in [-0.15, -0.1) is 0 Å². The summed E-state index contributed by atoms with van der Waals surface area (Å²) < 4.78 is 11.1. The molecule has 2 aliphatic heterocycles. The van der Waals surface area contributed by atoms with E-state index in [0.29, 0.717) is 5.56 Å². The molecule has 6 heteroatoms. The maximum atomic E-state index is 12.3. The molecule has 106 valence electrons. The molecule has 0 unspecified atom stereocenters. The van der Waals surface area contributed by atoms with Gasteiger partial charge in [0, 0.05) is 17.7 Å². The van der Waals surface area contributed by atoms with E-state index in [1.165, 1.54) is 18.2 Å². The van der Waals surface area contributed by atoms with E-state index in [1.54, 1.807) is 12.1 Å². The summed E-state index contributed by atoms with van der Waals surface area (Å²) in [6, 6.07) is 8.45. The molecular weight excluding hydrogens is 276 g/mol. The highest BCUT2D eigenvalue weighted by Gasteiger charge is 2.68. The standard InChI is InChI=1S/C15H10O6/c16-8-3-1-7(2-4-8)15-14(21-15)13(19)12-10(18)5-9(17)6-11(12)20-15/h1-6,14,16-18H/t14-,15+/m0/s1. The van der Waals surface area contributed by atoms with Crippen molar-refractivity contribution in [1.29, 1.82) is 0 Å². The topological polar surface area (TPSA) is 99.5 Å². The number of rotatable bonds is 1. The normalized spacial score (nSPS) is 25.7. The van der Waals surface area contributed by atoms with Gasteiger partial charge in [-0.3, -0.25) is 4.79 Å². The molecule has 2 heterocycles. The van der Waals surface area contributed by atoms with E-state index in [1.807, 2.05) is 0 Å². The van der Waals surface area contributed by atoms with Crippen LogP contribution in [0, 0.1) is 0 Å². The van der Waals surface area contributed by atoms with Gasteiger partial charge < -0.3 is 24.8 Å². The average Bonchev–Trinajstić information content (AvgIpc) is 3.14. The minimum atomic E-state index is -1.25. The lowest BCUT2D eigenvalue weighted by Crippen LogP contribution is -2.30. The number of aromatic hydroxyl groups is 3. The van der Waals surface area contributed by atoms with Crippen LogP contribution in [0.3, 0.4) is 0 Å². The minimum absolute atomic E-state index is 0.00435. The summed E-state index contributed by atoms with van der Waals surface area (Å²) >= 11 is 0. The van der Waals surface area contributed by atoms with Crippen molar-refractivity contribution < 1.29 is 29.6 Å². The van der Waals surface area contributed by atoms with Crippen LogP contribution in [0.5, 0.6) is 23.0 Å². The van der Waals surface area contributed by atoms with Crippen molar-refractivity contribution in [2.45, 2.75) is 11.9 Å². The smallest absolute Gasteiger partial charge is 0.272 e. The first-order valence-corrected chi connectivity index (χ1v) is 6.28. The number of hydrogen-bond acceptors (Lipinski definition) is 6. The van der Waals surface area contributed by atoms with Crippen LogP contribution in [0.25, 0.3) is 0 Å². The van der Waals surface area contributed by atoms with Crippen molar-refractivity contribution in [1.82, 2.24) is 0 Å². The monoisotopic (exact) mass is 286 g/mol. The molecule has 0 saturated carbocycles. The van der Waals surface area contributed by atoms with Crippen LogP contribution in [-0.4, -0.2) is 27.2 Å². The summed E-state index contributed by atoms with van der Waals surface area (Å²) in [6.45, 7) is 0. The Hall–Kier alpha value is -2.73. The van der Waals surface area contributed by atoms with Crippen molar-refractivity contribution in [2.75, 3.05) is 0 Å². The number of ether oxygens (including phenoxy) is 2. The first-order valence-electron chi connectivity index (χ1n) is 6.28. The average molecular weight is 286 g/mol. The summed E-state index contributed by atoms with van der Waals surface area (Å²) in [5, 5.41) is 28.6. The Labute approximate surface area is 118 Å². The predicted molar refractivity (Wildman–Crippen MR) is 69.4 cm³/mol. The molecule has 0 amide bonds. The fourth-order valence-electron chi connectivity index (χ4n) is 2.63. The third-order valence-electron chi connectivity index (χ3n) is 3.66. The quantitative estimate of drug-likeness (QED) is 0.689. The number of hydrogen-bond donors (Lipinski definition) is 3. The molecule has 2 atom stereocenters. The fourth-order valence-corrected chi connectivity index (χ4v) is 2.63.